The lowest BCUT2D eigenvalue weighted by molar-refractivity contribution is 0.0164. The SMILES string of the molecule is CCB1OCC(C)(CNCCOC)CO1. The fraction of sp³-hybridized carbons (Fsp3) is 1.00. The number of ether oxygens (including phenoxy) is 1. The molecule has 0 aromatic carbocycles. The van der Waals surface area contributed by atoms with Crippen LogP contribution in [0, 0.1) is 5.41 Å². The Balaban J connectivity index is 2.17. The average Bonchev–Trinajstić information content (AvgIpc) is 2.26. The van der Waals surface area contributed by atoms with Crippen molar-refractivity contribution < 1.29 is 14.0 Å². The van der Waals surface area contributed by atoms with E-state index in [1.807, 2.05) is 0 Å². The van der Waals surface area contributed by atoms with Gasteiger partial charge in [0.05, 0.1) is 6.61 Å². The molecular weight excluding hydrogens is 193 g/mol. The van der Waals surface area contributed by atoms with E-state index in [9.17, 15) is 0 Å². The molecule has 1 heterocycles. The van der Waals surface area contributed by atoms with Gasteiger partial charge in [0.15, 0.2) is 0 Å². The smallest absolute Gasteiger partial charge is 0.410 e. The molecule has 0 radical (unpaired) electrons. The zero-order valence-corrected chi connectivity index (χ0v) is 10.0. The number of nitrogens with one attached hydrogen (secondary N) is 1. The highest BCUT2D eigenvalue weighted by molar-refractivity contribution is 6.44. The largest absolute Gasteiger partial charge is 0.456 e. The molecule has 1 aliphatic heterocycles. The minimum Gasteiger partial charge on any atom is -0.410 e. The molecule has 0 unspecified atom stereocenters. The van der Waals surface area contributed by atoms with E-state index in [4.69, 9.17) is 14.0 Å². The highest BCUT2D eigenvalue weighted by Crippen LogP contribution is 2.22. The van der Waals surface area contributed by atoms with Gasteiger partial charge in [-0.15, -0.1) is 0 Å². The van der Waals surface area contributed by atoms with Gasteiger partial charge in [-0.05, 0) is 6.32 Å². The van der Waals surface area contributed by atoms with Crippen LogP contribution < -0.4 is 5.32 Å². The minimum atomic E-state index is -0.00273. The van der Waals surface area contributed by atoms with Crippen molar-refractivity contribution >= 4 is 7.12 Å². The molecule has 15 heavy (non-hydrogen) atoms. The molecule has 0 aromatic heterocycles. The van der Waals surface area contributed by atoms with Crippen molar-refractivity contribution in [2.45, 2.75) is 20.2 Å². The monoisotopic (exact) mass is 215 g/mol. The topological polar surface area (TPSA) is 39.7 Å². The van der Waals surface area contributed by atoms with Gasteiger partial charge in [0.1, 0.15) is 0 Å². The third kappa shape index (κ3) is 4.51. The van der Waals surface area contributed by atoms with E-state index < -0.39 is 0 Å². The highest BCUT2D eigenvalue weighted by Gasteiger charge is 2.33. The van der Waals surface area contributed by atoms with Crippen LogP contribution in [0.15, 0.2) is 0 Å². The lowest BCUT2D eigenvalue weighted by atomic mass is 9.80. The molecule has 1 N–H and O–H groups in total. The van der Waals surface area contributed by atoms with Gasteiger partial charge in [-0.3, -0.25) is 0 Å². The Morgan fingerprint density at radius 3 is 2.60 bits per heavy atom. The van der Waals surface area contributed by atoms with Crippen LogP contribution in [0.4, 0.5) is 0 Å². The van der Waals surface area contributed by atoms with Crippen molar-refractivity contribution in [3.05, 3.63) is 0 Å². The predicted octanol–water partition coefficient (Wildman–Crippen LogP) is 0.784. The number of hydrogen-bond donors (Lipinski definition) is 1. The zero-order chi connectivity index (χ0) is 11.1. The molecule has 4 nitrogen and oxygen atoms in total. The Bertz CT molecular complexity index is 172. The Morgan fingerprint density at radius 1 is 1.40 bits per heavy atom. The molecule has 1 saturated heterocycles. The van der Waals surface area contributed by atoms with Gasteiger partial charge in [0, 0.05) is 38.8 Å². The Kier molecular flexibility index (Phi) is 5.60. The number of rotatable bonds is 6. The standard InChI is InChI=1S/C10H22BNO3/c1-4-11-14-8-10(2,9-15-11)7-12-5-6-13-3/h12H,4-9H2,1-3H3. The summed E-state index contributed by atoms with van der Waals surface area (Å²) in [4.78, 5) is 0. The third-order valence-corrected chi connectivity index (χ3v) is 2.60. The van der Waals surface area contributed by atoms with Crippen LogP contribution in [0.3, 0.4) is 0 Å². The van der Waals surface area contributed by atoms with Crippen LogP contribution in [-0.2, 0) is 14.0 Å². The fourth-order valence-corrected chi connectivity index (χ4v) is 1.58. The van der Waals surface area contributed by atoms with Gasteiger partial charge in [0.2, 0.25) is 0 Å². The molecule has 1 aliphatic rings. The summed E-state index contributed by atoms with van der Waals surface area (Å²) in [6.45, 7) is 8.32. The maximum Gasteiger partial charge on any atom is 0.456 e. The van der Waals surface area contributed by atoms with E-state index in [0.717, 1.165) is 39.2 Å². The maximum absolute atomic E-state index is 5.61. The quantitative estimate of drug-likeness (QED) is 0.525. The summed E-state index contributed by atoms with van der Waals surface area (Å²) < 4.78 is 16.2. The van der Waals surface area contributed by atoms with Crippen molar-refractivity contribution in [1.82, 2.24) is 5.32 Å². The van der Waals surface area contributed by atoms with Crippen molar-refractivity contribution in [2.75, 3.05) is 40.0 Å². The third-order valence-electron chi connectivity index (χ3n) is 2.60. The summed E-state index contributed by atoms with van der Waals surface area (Å²) >= 11 is 0. The molecule has 0 atom stereocenters. The van der Waals surface area contributed by atoms with Crippen molar-refractivity contribution in [3.8, 4) is 0 Å². The lowest BCUT2D eigenvalue weighted by Crippen LogP contribution is -2.47. The van der Waals surface area contributed by atoms with Crippen molar-refractivity contribution in [1.29, 1.82) is 0 Å². The number of hydrogen-bond acceptors (Lipinski definition) is 4. The maximum atomic E-state index is 5.61. The normalized spacial score (nSPS) is 20.6. The van der Waals surface area contributed by atoms with E-state index in [2.05, 4.69) is 19.2 Å². The first-order chi connectivity index (χ1) is 7.20. The molecule has 0 aromatic rings. The molecule has 1 rings (SSSR count). The van der Waals surface area contributed by atoms with E-state index >= 15 is 0 Å². The first kappa shape index (κ1) is 13.0. The molecule has 0 spiro atoms. The van der Waals surface area contributed by atoms with Crippen LogP contribution >= 0.6 is 0 Å². The van der Waals surface area contributed by atoms with E-state index in [1.165, 1.54) is 0 Å². The molecule has 0 amide bonds. The summed E-state index contributed by atoms with van der Waals surface area (Å²) in [5.74, 6) is 0. The first-order valence-electron chi connectivity index (χ1n) is 5.63. The molecule has 0 saturated carbocycles. The first-order valence-corrected chi connectivity index (χ1v) is 5.63. The van der Waals surface area contributed by atoms with Crippen LogP contribution in [0.1, 0.15) is 13.8 Å². The average molecular weight is 215 g/mol. The summed E-state index contributed by atoms with van der Waals surface area (Å²) in [6.07, 6.45) is 0.924. The molecule has 1 fully saturated rings. The van der Waals surface area contributed by atoms with Gasteiger partial charge >= 0.3 is 7.12 Å². The second-order valence-electron chi connectivity index (χ2n) is 4.44. The van der Waals surface area contributed by atoms with Crippen LogP contribution in [0.5, 0.6) is 0 Å². The van der Waals surface area contributed by atoms with E-state index in [-0.39, 0.29) is 12.5 Å². The Hall–Kier alpha value is -0.0951. The zero-order valence-electron chi connectivity index (χ0n) is 10.0. The molecule has 0 aliphatic carbocycles. The second-order valence-corrected chi connectivity index (χ2v) is 4.44. The van der Waals surface area contributed by atoms with Gasteiger partial charge in [-0.2, -0.15) is 0 Å². The highest BCUT2D eigenvalue weighted by atomic mass is 16.6. The summed E-state index contributed by atoms with van der Waals surface area (Å²) in [7, 11) is 1.71. The lowest BCUT2D eigenvalue weighted by Gasteiger charge is -2.36. The van der Waals surface area contributed by atoms with Crippen molar-refractivity contribution in [2.24, 2.45) is 5.41 Å². The van der Waals surface area contributed by atoms with Gasteiger partial charge < -0.3 is 19.4 Å². The Labute approximate surface area is 92.8 Å². The van der Waals surface area contributed by atoms with Gasteiger partial charge in [0.25, 0.3) is 0 Å². The Morgan fingerprint density at radius 2 is 2.07 bits per heavy atom. The van der Waals surface area contributed by atoms with Gasteiger partial charge in [-0.25, -0.2) is 0 Å². The molecule has 0 bridgehead atoms. The molecular formula is C10H22BNO3. The minimum absolute atomic E-state index is 0.00273. The van der Waals surface area contributed by atoms with Crippen LogP contribution in [0.2, 0.25) is 6.32 Å². The predicted molar refractivity (Wildman–Crippen MR) is 61.0 cm³/mol. The van der Waals surface area contributed by atoms with Crippen molar-refractivity contribution in [3.63, 3.8) is 0 Å². The summed E-state index contributed by atoms with van der Waals surface area (Å²) in [6, 6.07) is 0. The number of methoxy groups -OCH3 is 1. The van der Waals surface area contributed by atoms with Crippen LogP contribution in [0.25, 0.3) is 0 Å². The fourth-order valence-electron chi connectivity index (χ4n) is 1.58. The second kappa shape index (κ2) is 6.48. The van der Waals surface area contributed by atoms with E-state index in [1.54, 1.807) is 7.11 Å². The molecule has 88 valence electrons. The van der Waals surface area contributed by atoms with Gasteiger partial charge in [-0.1, -0.05) is 13.8 Å². The van der Waals surface area contributed by atoms with Crippen LogP contribution in [-0.4, -0.2) is 47.1 Å². The summed E-state index contributed by atoms with van der Waals surface area (Å²) in [5.41, 5.74) is 0.0966. The van der Waals surface area contributed by atoms with E-state index in [0.29, 0.717) is 0 Å². The summed E-state index contributed by atoms with van der Waals surface area (Å²) in [5, 5.41) is 3.34. The molecule has 5 heteroatoms.